The van der Waals surface area contributed by atoms with Crippen molar-refractivity contribution in [1.29, 1.82) is 0 Å². The molecule has 0 saturated carbocycles. The van der Waals surface area contributed by atoms with Crippen molar-refractivity contribution in [2.24, 2.45) is 0 Å². The second-order valence-electron chi connectivity index (χ2n) is 7.33. The van der Waals surface area contributed by atoms with Crippen LogP contribution in [0.3, 0.4) is 0 Å². The Morgan fingerprint density at radius 2 is 1.45 bits per heavy atom. The molecule has 0 bridgehead atoms. The summed E-state index contributed by atoms with van der Waals surface area (Å²) in [5.74, 6) is -0.894. The average Bonchev–Trinajstić information content (AvgIpc) is 2.77. The van der Waals surface area contributed by atoms with E-state index in [4.69, 9.17) is 12.2 Å². The predicted molar refractivity (Wildman–Crippen MR) is 106 cm³/mol. The van der Waals surface area contributed by atoms with Gasteiger partial charge in [-0.2, -0.15) is 13.2 Å². The molecule has 0 aliphatic carbocycles. The van der Waals surface area contributed by atoms with E-state index in [1.807, 2.05) is 0 Å². The molecule has 1 amide bonds. The van der Waals surface area contributed by atoms with Crippen molar-refractivity contribution in [3.05, 3.63) is 54.1 Å². The Morgan fingerprint density at radius 3 is 2.00 bits per heavy atom. The first-order chi connectivity index (χ1) is 13.7. The fraction of sp³-hybridized carbons (Fsp3) is 0.222. The van der Waals surface area contributed by atoms with Crippen LogP contribution in [-0.2, 0) is 11.0 Å². The lowest BCUT2D eigenvalue weighted by Crippen LogP contribution is -2.44. The highest BCUT2D eigenvalue weighted by Crippen LogP contribution is 3.02. The first-order valence-electron chi connectivity index (χ1n) is 8.44. The second-order valence-corrected chi connectivity index (χ2v) is 10.1. The summed E-state index contributed by atoms with van der Waals surface area (Å²) in [5.41, 5.74) is -3.35. The number of hydrogen-bond donors (Lipinski definition) is 0. The summed E-state index contributed by atoms with van der Waals surface area (Å²) >= 11 is 5.17. The minimum absolute atomic E-state index is 0.0947. The fourth-order valence-corrected chi connectivity index (χ4v) is 4.34. The lowest BCUT2D eigenvalue weighted by atomic mass is 10.0. The van der Waals surface area contributed by atoms with Gasteiger partial charge in [0.1, 0.15) is 10.4 Å². The summed E-state index contributed by atoms with van der Waals surface area (Å²) in [6, 6.07) is 5.79. The molecule has 3 nitrogen and oxygen atoms in total. The van der Waals surface area contributed by atoms with Crippen LogP contribution in [0, 0.1) is 0 Å². The molecule has 1 saturated heterocycles. The van der Waals surface area contributed by atoms with Crippen molar-refractivity contribution in [3.63, 3.8) is 0 Å². The molecular formula is C18H14F8N2OS2. The van der Waals surface area contributed by atoms with E-state index in [1.165, 1.54) is 19.9 Å². The van der Waals surface area contributed by atoms with Gasteiger partial charge in [0.15, 0.2) is 5.11 Å². The molecule has 1 fully saturated rings. The zero-order chi connectivity index (χ0) is 23.7. The maximum atomic E-state index is 13.2. The van der Waals surface area contributed by atoms with E-state index < -0.39 is 49.1 Å². The summed E-state index contributed by atoms with van der Waals surface area (Å²) < 4.78 is 105. The summed E-state index contributed by atoms with van der Waals surface area (Å²) in [6.45, 7) is 2.60. The van der Waals surface area contributed by atoms with Gasteiger partial charge in [0, 0.05) is 5.69 Å². The quantitative estimate of drug-likeness (QED) is 0.334. The predicted octanol–water partition coefficient (Wildman–Crippen LogP) is 7.28. The molecule has 170 valence electrons. The molecular weight excluding hydrogens is 476 g/mol. The smallest absolute Gasteiger partial charge is 0.304 e. The average molecular weight is 490 g/mol. The highest BCUT2D eigenvalue weighted by atomic mass is 32.5. The number of benzene rings is 2. The molecule has 2 aromatic rings. The Balaban J connectivity index is 2.12. The number of halogens is 8. The van der Waals surface area contributed by atoms with Crippen LogP contribution in [0.1, 0.15) is 19.4 Å². The maximum Gasteiger partial charge on any atom is 0.416 e. The molecule has 1 aliphatic rings. The molecule has 0 radical (unpaired) electrons. The molecule has 0 spiro atoms. The van der Waals surface area contributed by atoms with Crippen LogP contribution in [0.2, 0.25) is 0 Å². The molecule has 13 heteroatoms. The van der Waals surface area contributed by atoms with Gasteiger partial charge in [-0.3, -0.25) is 9.69 Å². The zero-order valence-electron chi connectivity index (χ0n) is 15.8. The summed E-state index contributed by atoms with van der Waals surface area (Å²) in [4.78, 5) is 12.4. The summed E-state index contributed by atoms with van der Waals surface area (Å²) in [5, 5.41) is -0.450. The number of amides is 1. The van der Waals surface area contributed by atoms with Gasteiger partial charge in [-0.1, -0.05) is 31.6 Å². The molecule has 0 aromatic heterocycles. The van der Waals surface area contributed by atoms with Crippen molar-refractivity contribution in [2.75, 3.05) is 9.80 Å². The number of carbonyl (C=O) groups is 1. The fourth-order valence-electron chi connectivity index (χ4n) is 3.14. The van der Waals surface area contributed by atoms with Crippen molar-refractivity contribution in [2.45, 2.75) is 30.5 Å². The minimum Gasteiger partial charge on any atom is -0.304 e. The Morgan fingerprint density at radius 1 is 0.903 bits per heavy atom. The molecule has 3 rings (SSSR count). The van der Waals surface area contributed by atoms with E-state index in [9.17, 15) is 37.4 Å². The van der Waals surface area contributed by atoms with Crippen LogP contribution in [0.25, 0.3) is 0 Å². The number of carbonyl (C=O) groups excluding carboxylic acids is 1. The first kappa shape index (κ1) is 23.3. The van der Waals surface area contributed by atoms with E-state index >= 15 is 0 Å². The lowest BCUT2D eigenvalue weighted by molar-refractivity contribution is -0.137. The lowest BCUT2D eigenvalue weighted by Gasteiger charge is -2.40. The zero-order valence-corrected chi connectivity index (χ0v) is 17.4. The third-order valence-corrected chi connectivity index (χ3v) is 6.13. The highest BCUT2D eigenvalue weighted by Gasteiger charge is 2.65. The summed E-state index contributed by atoms with van der Waals surface area (Å²) in [6.07, 6.45) is -4.69. The third-order valence-electron chi connectivity index (χ3n) is 4.62. The minimum atomic E-state index is -10.0. The molecule has 1 heterocycles. The van der Waals surface area contributed by atoms with Crippen molar-refractivity contribution >= 4 is 44.8 Å². The molecule has 0 atom stereocenters. The Bertz CT molecular complexity index is 1100. The van der Waals surface area contributed by atoms with Crippen LogP contribution in [0.15, 0.2) is 53.4 Å². The van der Waals surface area contributed by atoms with Gasteiger partial charge in [0.05, 0.1) is 11.3 Å². The highest BCUT2D eigenvalue weighted by molar-refractivity contribution is 8.45. The number of nitrogens with zero attached hydrogens (tertiary/aromatic N) is 2. The SMILES string of the molecule is CC1(C)C(=O)N(c2cccc(S(F)(F)(F)(F)F)c2)C(=S)N1c1cccc(C(F)(F)F)c1. The largest absolute Gasteiger partial charge is 0.416 e. The van der Waals surface area contributed by atoms with Crippen molar-refractivity contribution in [3.8, 4) is 0 Å². The van der Waals surface area contributed by atoms with Gasteiger partial charge < -0.3 is 4.90 Å². The molecule has 1 aliphatic heterocycles. The number of anilines is 2. The molecule has 2 aromatic carbocycles. The van der Waals surface area contributed by atoms with Crippen LogP contribution in [-0.4, -0.2) is 16.6 Å². The number of hydrogen-bond acceptors (Lipinski definition) is 2. The van der Waals surface area contributed by atoms with E-state index in [-0.39, 0.29) is 17.8 Å². The second kappa shape index (κ2) is 6.09. The first-order valence-corrected chi connectivity index (χ1v) is 10.8. The molecule has 0 N–H and O–H groups in total. The number of rotatable bonds is 3. The Kier molecular flexibility index (Phi) is 4.57. The molecule has 0 unspecified atom stereocenters. The Hall–Kier alpha value is -2.41. The van der Waals surface area contributed by atoms with E-state index in [1.54, 1.807) is 0 Å². The monoisotopic (exact) mass is 490 g/mol. The van der Waals surface area contributed by atoms with Crippen molar-refractivity contribution < 1.29 is 37.4 Å². The standard InChI is InChI=1S/C18H14F8N2OS2/c1-17(2)15(29)27(12-6-4-8-14(10-12)31(22,23,24,25)26)16(30)28(17)13-7-3-5-11(9-13)18(19,20)21/h3-10H,1-2H3. The van der Waals surface area contributed by atoms with Gasteiger partial charge in [-0.15, -0.1) is 0 Å². The van der Waals surface area contributed by atoms with Crippen molar-refractivity contribution in [1.82, 2.24) is 0 Å². The van der Waals surface area contributed by atoms with Gasteiger partial charge in [0.2, 0.25) is 0 Å². The van der Waals surface area contributed by atoms with E-state index in [2.05, 4.69) is 0 Å². The van der Waals surface area contributed by atoms with Crippen LogP contribution >= 0.6 is 22.4 Å². The maximum absolute atomic E-state index is 13.2. The summed E-state index contributed by atoms with van der Waals surface area (Å²) in [7, 11) is -10.0. The van der Waals surface area contributed by atoms with Gasteiger partial charge in [0.25, 0.3) is 5.91 Å². The Labute approximate surface area is 177 Å². The van der Waals surface area contributed by atoms with Gasteiger partial charge in [-0.05, 0) is 62.5 Å². The normalized spacial score (nSPS) is 19.4. The van der Waals surface area contributed by atoms with Gasteiger partial charge >= 0.3 is 16.4 Å². The van der Waals surface area contributed by atoms with E-state index in [0.717, 1.165) is 29.2 Å². The van der Waals surface area contributed by atoms with Gasteiger partial charge in [-0.25, -0.2) is 0 Å². The van der Waals surface area contributed by atoms with Crippen LogP contribution < -0.4 is 9.80 Å². The van der Waals surface area contributed by atoms with E-state index in [0.29, 0.717) is 11.0 Å². The molecule has 31 heavy (non-hydrogen) atoms. The number of thiocarbonyl (C=S) groups is 1. The van der Waals surface area contributed by atoms with Crippen LogP contribution in [0.5, 0.6) is 0 Å². The van der Waals surface area contributed by atoms with Crippen LogP contribution in [0.4, 0.5) is 44.0 Å². The number of alkyl halides is 3. The third kappa shape index (κ3) is 4.20. The topological polar surface area (TPSA) is 23.6 Å².